The van der Waals surface area contributed by atoms with Crippen LogP contribution in [0.25, 0.3) is 55.5 Å². The van der Waals surface area contributed by atoms with Crippen molar-refractivity contribution in [3.05, 3.63) is 91.1 Å². The standard InChI is InChI=1S/C28H22N4/c1-18(2)32-26-14-8-7-13-25(26)31-28(32)27-20-10-4-6-12-23(20)29-17-21(27)24-16-15-19-9-3-5-11-22(19)30-24/h3-18H,1-2H3. The lowest BCUT2D eigenvalue weighted by Crippen LogP contribution is -2.05. The number of rotatable bonds is 3. The molecule has 3 aromatic carbocycles. The molecule has 3 heterocycles. The van der Waals surface area contributed by atoms with Gasteiger partial charge < -0.3 is 4.57 Å². The molecule has 0 amide bonds. The van der Waals surface area contributed by atoms with Crippen LogP contribution in [0.3, 0.4) is 0 Å². The van der Waals surface area contributed by atoms with Crippen LogP contribution in [0.1, 0.15) is 19.9 Å². The third-order valence-electron chi connectivity index (χ3n) is 5.99. The summed E-state index contributed by atoms with van der Waals surface area (Å²) in [7, 11) is 0. The Morgan fingerprint density at radius 2 is 1.41 bits per heavy atom. The molecule has 0 aliphatic rings. The molecule has 0 saturated heterocycles. The minimum Gasteiger partial charge on any atom is -0.321 e. The van der Waals surface area contributed by atoms with Gasteiger partial charge in [0.2, 0.25) is 0 Å². The molecule has 6 rings (SSSR count). The van der Waals surface area contributed by atoms with Crippen molar-refractivity contribution in [3.8, 4) is 22.6 Å². The van der Waals surface area contributed by atoms with E-state index in [4.69, 9.17) is 15.0 Å². The second-order valence-electron chi connectivity index (χ2n) is 8.34. The number of hydrogen-bond acceptors (Lipinski definition) is 3. The van der Waals surface area contributed by atoms with E-state index < -0.39 is 0 Å². The van der Waals surface area contributed by atoms with Crippen LogP contribution in [-0.2, 0) is 0 Å². The van der Waals surface area contributed by atoms with Gasteiger partial charge in [-0.15, -0.1) is 0 Å². The fourth-order valence-electron chi connectivity index (χ4n) is 4.54. The average molecular weight is 415 g/mol. The predicted octanol–water partition coefficient (Wildman–Crippen LogP) is 7.05. The molecule has 0 aliphatic carbocycles. The third kappa shape index (κ3) is 2.88. The van der Waals surface area contributed by atoms with Crippen LogP contribution in [0, 0.1) is 0 Å². The van der Waals surface area contributed by atoms with E-state index in [9.17, 15) is 0 Å². The maximum absolute atomic E-state index is 5.11. The van der Waals surface area contributed by atoms with Crippen LogP contribution >= 0.6 is 0 Å². The van der Waals surface area contributed by atoms with E-state index in [1.807, 2.05) is 30.5 Å². The molecule has 4 heteroatoms. The van der Waals surface area contributed by atoms with Gasteiger partial charge in [-0.1, -0.05) is 54.6 Å². The zero-order valence-electron chi connectivity index (χ0n) is 18.0. The van der Waals surface area contributed by atoms with Gasteiger partial charge in [0, 0.05) is 34.1 Å². The number of para-hydroxylation sites is 4. The second-order valence-corrected chi connectivity index (χ2v) is 8.34. The van der Waals surface area contributed by atoms with E-state index in [2.05, 4.69) is 79.1 Å². The minimum absolute atomic E-state index is 0.252. The molecule has 3 aromatic heterocycles. The Morgan fingerprint density at radius 1 is 0.688 bits per heavy atom. The fourth-order valence-corrected chi connectivity index (χ4v) is 4.54. The third-order valence-corrected chi connectivity index (χ3v) is 5.99. The number of benzene rings is 3. The maximum Gasteiger partial charge on any atom is 0.142 e. The largest absolute Gasteiger partial charge is 0.321 e. The van der Waals surface area contributed by atoms with Crippen LogP contribution in [0.5, 0.6) is 0 Å². The van der Waals surface area contributed by atoms with Crippen molar-refractivity contribution >= 4 is 32.8 Å². The lowest BCUT2D eigenvalue weighted by Gasteiger charge is -2.17. The molecule has 0 aliphatic heterocycles. The Morgan fingerprint density at radius 3 is 2.25 bits per heavy atom. The number of imidazole rings is 1. The van der Waals surface area contributed by atoms with Gasteiger partial charge in [-0.25, -0.2) is 9.97 Å². The number of aromatic nitrogens is 4. The van der Waals surface area contributed by atoms with Gasteiger partial charge in [0.25, 0.3) is 0 Å². The van der Waals surface area contributed by atoms with Gasteiger partial charge in [-0.05, 0) is 44.2 Å². The molecule has 32 heavy (non-hydrogen) atoms. The van der Waals surface area contributed by atoms with E-state index in [-0.39, 0.29) is 6.04 Å². The average Bonchev–Trinajstić information content (AvgIpc) is 3.22. The van der Waals surface area contributed by atoms with Gasteiger partial charge in [0.15, 0.2) is 0 Å². The number of nitrogens with zero attached hydrogens (tertiary/aromatic N) is 4. The fraction of sp³-hybridized carbons (Fsp3) is 0.107. The van der Waals surface area contributed by atoms with E-state index in [0.717, 1.165) is 55.5 Å². The Hall–Kier alpha value is -4.05. The molecular weight excluding hydrogens is 392 g/mol. The highest BCUT2D eigenvalue weighted by Crippen LogP contribution is 2.39. The summed E-state index contributed by atoms with van der Waals surface area (Å²) in [6.45, 7) is 4.41. The number of hydrogen-bond donors (Lipinski definition) is 0. The van der Waals surface area contributed by atoms with Crippen molar-refractivity contribution in [2.45, 2.75) is 19.9 Å². The highest BCUT2D eigenvalue weighted by molar-refractivity contribution is 6.02. The van der Waals surface area contributed by atoms with E-state index in [0.29, 0.717) is 0 Å². The topological polar surface area (TPSA) is 43.6 Å². The molecule has 4 nitrogen and oxygen atoms in total. The first-order valence-electron chi connectivity index (χ1n) is 10.9. The summed E-state index contributed by atoms with van der Waals surface area (Å²) < 4.78 is 2.32. The highest BCUT2D eigenvalue weighted by Gasteiger charge is 2.21. The molecule has 0 bridgehead atoms. The van der Waals surface area contributed by atoms with E-state index in [1.54, 1.807) is 0 Å². The Balaban J connectivity index is 1.73. The zero-order chi connectivity index (χ0) is 21.7. The molecule has 0 atom stereocenters. The molecule has 0 N–H and O–H groups in total. The first-order chi connectivity index (χ1) is 15.7. The monoisotopic (exact) mass is 414 g/mol. The number of fused-ring (bicyclic) bond motifs is 3. The predicted molar refractivity (Wildman–Crippen MR) is 132 cm³/mol. The van der Waals surface area contributed by atoms with Crippen LogP contribution in [0.4, 0.5) is 0 Å². The van der Waals surface area contributed by atoms with Crippen molar-refractivity contribution in [1.82, 2.24) is 19.5 Å². The van der Waals surface area contributed by atoms with Crippen LogP contribution in [0.2, 0.25) is 0 Å². The molecule has 0 fully saturated rings. The van der Waals surface area contributed by atoms with Gasteiger partial charge in [-0.2, -0.15) is 0 Å². The maximum atomic E-state index is 5.11. The summed E-state index contributed by atoms with van der Waals surface area (Å²) in [4.78, 5) is 14.9. The smallest absolute Gasteiger partial charge is 0.142 e. The van der Waals surface area contributed by atoms with Crippen molar-refractivity contribution in [1.29, 1.82) is 0 Å². The lowest BCUT2D eigenvalue weighted by atomic mass is 9.99. The van der Waals surface area contributed by atoms with Gasteiger partial charge in [-0.3, -0.25) is 4.98 Å². The summed E-state index contributed by atoms with van der Waals surface area (Å²) in [5.41, 5.74) is 7.02. The lowest BCUT2D eigenvalue weighted by molar-refractivity contribution is 0.625. The highest BCUT2D eigenvalue weighted by atomic mass is 15.1. The minimum atomic E-state index is 0.252. The quantitative estimate of drug-likeness (QED) is 0.312. The Bertz CT molecular complexity index is 1610. The van der Waals surface area contributed by atoms with Crippen molar-refractivity contribution in [2.24, 2.45) is 0 Å². The van der Waals surface area contributed by atoms with Crippen molar-refractivity contribution < 1.29 is 0 Å². The molecule has 154 valence electrons. The second kappa shape index (κ2) is 7.27. The summed E-state index contributed by atoms with van der Waals surface area (Å²) in [5, 5.41) is 2.21. The van der Waals surface area contributed by atoms with Gasteiger partial charge in [0.1, 0.15) is 5.82 Å². The molecular formula is C28H22N4. The molecule has 0 saturated carbocycles. The molecule has 0 radical (unpaired) electrons. The molecule has 6 aromatic rings. The summed E-state index contributed by atoms with van der Waals surface area (Å²) in [6.07, 6.45) is 1.94. The van der Waals surface area contributed by atoms with Crippen LogP contribution in [-0.4, -0.2) is 19.5 Å². The normalized spacial score (nSPS) is 11.7. The van der Waals surface area contributed by atoms with Crippen LogP contribution < -0.4 is 0 Å². The summed E-state index contributed by atoms with van der Waals surface area (Å²) >= 11 is 0. The Labute approximate surface area is 186 Å². The summed E-state index contributed by atoms with van der Waals surface area (Å²) in [6, 6.07) is 29.3. The van der Waals surface area contributed by atoms with Crippen molar-refractivity contribution in [3.63, 3.8) is 0 Å². The zero-order valence-corrected chi connectivity index (χ0v) is 18.0. The number of pyridine rings is 2. The summed E-state index contributed by atoms with van der Waals surface area (Å²) in [5.74, 6) is 0.949. The van der Waals surface area contributed by atoms with Gasteiger partial charge >= 0.3 is 0 Å². The van der Waals surface area contributed by atoms with E-state index in [1.165, 1.54) is 0 Å². The van der Waals surface area contributed by atoms with Crippen molar-refractivity contribution in [2.75, 3.05) is 0 Å². The SMILES string of the molecule is CC(C)n1c(-c2c(-c3ccc4ccccc4n3)cnc3ccccc23)nc2ccccc21. The van der Waals surface area contributed by atoms with Crippen LogP contribution in [0.15, 0.2) is 91.1 Å². The van der Waals surface area contributed by atoms with E-state index >= 15 is 0 Å². The first kappa shape index (κ1) is 18.7. The first-order valence-corrected chi connectivity index (χ1v) is 10.9. The Kier molecular flexibility index (Phi) is 4.25. The molecule has 0 unspecified atom stereocenters. The molecule has 0 spiro atoms. The van der Waals surface area contributed by atoms with Gasteiger partial charge in [0.05, 0.1) is 27.8 Å².